The number of hydrogen-bond donors (Lipinski definition) is 2. The quantitative estimate of drug-likeness (QED) is 0.634. The molecule has 0 aliphatic heterocycles. The summed E-state index contributed by atoms with van der Waals surface area (Å²) in [6, 6.07) is 0. The Morgan fingerprint density at radius 2 is 2.00 bits per heavy atom. The van der Waals surface area contributed by atoms with Gasteiger partial charge in [-0.1, -0.05) is 13.8 Å². The normalized spacial score (nSPS) is 9.29. The molecule has 4 heteroatoms. The topological polar surface area (TPSA) is 58.6 Å². The molecule has 0 saturated heterocycles. The van der Waals surface area contributed by atoms with Crippen molar-refractivity contribution < 1.29 is 14.6 Å². The minimum atomic E-state index is -0.134. The second-order valence-electron chi connectivity index (χ2n) is 2.74. The molecule has 0 aromatic heterocycles. The van der Waals surface area contributed by atoms with Crippen molar-refractivity contribution in [3.63, 3.8) is 0 Å². The molecule has 0 aliphatic rings. The van der Waals surface area contributed by atoms with Gasteiger partial charge < -0.3 is 15.2 Å². The predicted octanol–water partition coefficient (Wildman–Crippen LogP) is 0.936. The van der Waals surface area contributed by atoms with Crippen LogP contribution in [0.3, 0.4) is 0 Å². The van der Waals surface area contributed by atoms with E-state index in [0.29, 0.717) is 13.2 Å². The summed E-state index contributed by atoms with van der Waals surface area (Å²) in [7, 11) is 0. The molecular weight excluding hydrogens is 182 g/mol. The minimum absolute atomic E-state index is 0.100. The van der Waals surface area contributed by atoms with E-state index in [9.17, 15) is 4.79 Å². The van der Waals surface area contributed by atoms with Gasteiger partial charge in [0.15, 0.2) is 0 Å². The second-order valence-corrected chi connectivity index (χ2v) is 2.74. The monoisotopic (exact) mass is 205 g/mol. The maximum atomic E-state index is 10.8. The molecule has 0 fully saturated rings. The highest BCUT2D eigenvalue weighted by molar-refractivity contribution is 5.75. The molecule has 0 bridgehead atoms. The zero-order valence-electron chi connectivity index (χ0n) is 9.67. The Morgan fingerprint density at radius 3 is 2.43 bits per heavy atom. The Hall–Kier alpha value is -0.610. The van der Waals surface area contributed by atoms with E-state index in [0.717, 1.165) is 0 Å². The first-order valence-electron chi connectivity index (χ1n) is 5.16. The molecule has 4 nitrogen and oxygen atoms in total. The fourth-order valence-corrected chi connectivity index (χ4v) is 0.675. The summed E-state index contributed by atoms with van der Waals surface area (Å²) in [5.74, 6) is -0.134. The van der Waals surface area contributed by atoms with Crippen LogP contribution in [0.4, 0.5) is 0 Å². The zero-order chi connectivity index (χ0) is 11.4. The summed E-state index contributed by atoms with van der Waals surface area (Å²) in [4.78, 5) is 10.8. The summed E-state index contributed by atoms with van der Waals surface area (Å²) < 4.78 is 5.19. The Bertz CT molecular complexity index is 127. The number of rotatable bonds is 6. The Labute approximate surface area is 86.6 Å². The maximum absolute atomic E-state index is 10.8. The molecule has 0 spiro atoms. The molecule has 0 aromatic carbocycles. The van der Waals surface area contributed by atoms with E-state index in [-0.39, 0.29) is 25.0 Å². The lowest BCUT2D eigenvalue weighted by molar-refractivity contribution is -0.122. The van der Waals surface area contributed by atoms with Crippen LogP contribution < -0.4 is 5.32 Å². The molecule has 1 amide bonds. The van der Waals surface area contributed by atoms with Crippen molar-refractivity contribution in [3.05, 3.63) is 0 Å². The molecule has 0 unspecified atom stereocenters. The van der Waals surface area contributed by atoms with E-state index in [2.05, 4.69) is 5.32 Å². The molecule has 0 radical (unpaired) electrons. The summed E-state index contributed by atoms with van der Waals surface area (Å²) in [5.41, 5.74) is 0. The maximum Gasteiger partial charge on any atom is 0.222 e. The highest BCUT2D eigenvalue weighted by Crippen LogP contribution is 1.85. The number of carbonyl (C=O) groups excluding carboxylic acids is 1. The lowest BCUT2D eigenvalue weighted by Crippen LogP contribution is -2.28. The van der Waals surface area contributed by atoms with Gasteiger partial charge in [0, 0.05) is 13.0 Å². The molecule has 0 atom stereocenters. The number of ether oxygens (including phenoxy) is 1. The smallest absolute Gasteiger partial charge is 0.222 e. The SMILES string of the molecule is CC.CC(C)OCCNC(=O)CCO. The third kappa shape index (κ3) is 13.9. The second kappa shape index (κ2) is 12.4. The van der Waals surface area contributed by atoms with Gasteiger partial charge in [0.1, 0.15) is 0 Å². The van der Waals surface area contributed by atoms with E-state index in [1.54, 1.807) is 0 Å². The molecule has 0 aliphatic carbocycles. The molecule has 0 heterocycles. The molecule has 0 rings (SSSR count). The first-order chi connectivity index (χ1) is 6.66. The van der Waals surface area contributed by atoms with Gasteiger partial charge in [-0.15, -0.1) is 0 Å². The lowest BCUT2D eigenvalue weighted by Gasteiger charge is -2.07. The largest absolute Gasteiger partial charge is 0.396 e. The van der Waals surface area contributed by atoms with Crippen molar-refractivity contribution in [3.8, 4) is 0 Å². The number of aliphatic hydroxyl groups excluding tert-OH is 1. The Kier molecular flexibility index (Phi) is 14.0. The highest BCUT2D eigenvalue weighted by Gasteiger charge is 1.98. The molecule has 0 aromatic rings. The van der Waals surface area contributed by atoms with Crippen LogP contribution in [0.5, 0.6) is 0 Å². The van der Waals surface area contributed by atoms with Crippen LogP contribution in [0, 0.1) is 0 Å². The van der Waals surface area contributed by atoms with Crippen LogP contribution in [0.2, 0.25) is 0 Å². The number of carbonyl (C=O) groups is 1. The molecule has 14 heavy (non-hydrogen) atoms. The van der Waals surface area contributed by atoms with E-state index >= 15 is 0 Å². The lowest BCUT2D eigenvalue weighted by atomic mass is 10.4. The van der Waals surface area contributed by atoms with Crippen LogP contribution in [0.15, 0.2) is 0 Å². The van der Waals surface area contributed by atoms with Crippen LogP contribution in [0.1, 0.15) is 34.1 Å². The van der Waals surface area contributed by atoms with Crippen molar-refractivity contribution in [2.45, 2.75) is 40.2 Å². The summed E-state index contributed by atoms with van der Waals surface area (Å²) >= 11 is 0. The van der Waals surface area contributed by atoms with Gasteiger partial charge >= 0.3 is 0 Å². The van der Waals surface area contributed by atoms with E-state index in [1.807, 2.05) is 27.7 Å². The van der Waals surface area contributed by atoms with E-state index in [1.165, 1.54) is 0 Å². The van der Waals surface area contributed by atoms with Gasteiger partial charge in [0.2, 0.25) is 5.91 Å². The zero-order valence-corrected chi connectivity index (χ0v) is 9.67. The van der Waals surface area contributed by atoms with Crippen LogP contribution in [0.25, 0.3) is 0 Å². The van der Waals surface area contributed by atoms with E-state index < -0.39 is 0 Å². The van der Waals surface area contributed by atoms with Crippen LogP contribution in [-0.2, 0) is 9.53 Å². The van der Waals surface area contributed by atoms with Crippen molar-refractivity contribution >= 4 is 5.91 Å². The average molecular weight is 205 g/mol. The highest BCUT2D eigenvalue weighted by atomic mass is 16.5. The molecule has 2 N–H and O–H groups in total. The predicted molar refractivity (Wildman–Crippen MR) is 57.1 cm³/mol. The number of nitrogens with one attached hydrogen (secondary N) is 1. The first kappa shape index (κ1) is 15.8. The fourth-order valence-electron chi connectivity index (χ4n) is 0.675. The van der Waals surface area contributed by atoms with Crippen molar-refractivity contribution in [1.29, 1.82) is 0 Å². The van der Waals surface area contributed by atoms with Crippen molar-refractivity contribution in [1.82, 2.24) is 5.32 Å². The summed E-state index contributed by atoms with van der Waals surface area (Å²) in [6.07, 6.45) is 0.363. The van der Waals surface area contributed by atoms with Crippen LogP contribution in [-0.4, -0.2) is 36.9 Å². The van der Waals surface area contributed by atoms with Crippen LogP contribution >= 0.6 is 0 Å². The first-order valence-corrected chi connectivity index (χ1v) is 5.16. The third-order valence-electron chi connectivity index (χ3n) is 1.21. The fraction of sp³-hybridized carbons (Fsp3) is 0.900. The van der Waals surface area contributed by atoms with Gasteiger partial charge in [0.05, 0.1) is 19.3 Å². The number of amides is 1. The van der Waals surface area contributed by atoms with Gasteiger partial charge in [-0.3, -0.25) is 4.79 Å². The average Bonchev–Trinajstić information content (AvgIpc) is 2.16. The summed E-state index contributed by atoms with van der Waals surface area (Å²) in [5, 5.41) is 11.0. The molecule has 86 valence electrons. The number of hydrogen-bond acceptors (Lipinski definition) is 3. The Morgan fingerprint density at radius 1 is 1.43 bits per heavy atom. The number of aliphatic hydroxyl groups is 1. The van der Waals surface area contributed by atoms with Gasteiger partial charge in [-0.2, -0.15) is 0 Å². The van der Waals surface area contributed by atoms with Gasteiger partial charge in [-0.25, -0.2) is 0 Å². The molecular formula is C10H23NO3. The van der Waals surface area contributed by atoms with Crippen molar-refractivity contribution in [2.75, 3.05) is 19.8 Å². The Balaban J connectivity index is 0. The van der Waals surface area contributed by atoms with E-state index in [4.69, 9.17) is 9.84 Å². The van der Waals surface area contributed by atoms with Gasteiger partial charge in [-0.05, 0) is 13.8 Å². The van der Waals surface area contributed by atoms with Crippen molar-refractivity contribution in [2.24, 2.45) is 0 Å². The summed E-state index contributed by atoms with van der Waals surface area (Å²) in [6.45, 7) is 8.81. The minimum Gasteiger partial charge on any atom is -0.396 e. The van der Waals surface area contributed by atoms with Gasteiger partial charge in [0.25, 0.3) is 0 Å². The third-order valence-corrected chi connectivity index (χ3v) is 1.21. The standard InChI is InChI=1S/C8H17NO3.C2H6/c1-7(2)12-6-4-9-8(11)3-5-10;1-2/h7,10H,3-6H2,1-2H3,(H,9,11);1-2H3. The molecule has 0 saturated carbocycles.